The molecule has 0 fully saturated rings. The Balaban J connectivity index is 2.22. The van der Waals surface area contributed by atoms with Crippen molar-refractivity contribution >= 4 is 46.6 Å². The van der Waals surface area contributed by atoms with Crippen LogP contribution in [-0.4, -0.2) is 35.4 Å². The fourth-order valence-corrected chi connectivity index (χ4v) is 3.49. The van der Waals surface area contributed by atoms with Crippen molar-refractivity contribution < 1.29 is 14.3 Å². The molecular weight excluding hydrogens is 447 g/mol. The van der Waals surface area contributed by atoms with Crippen molar-refractivity contribution in [3.63, 3.8) is 0 Å². The zero-order valence-electron chi connectivity index (χ0n) is 17.1. The predicted octanol–water partition coefficient (Wildman–Crippen LogP) is 5.36. The average Bonchev–Trinajstić information content (AvgIpc) is 2.68. The first-order valence-corrected chi connectivity index (χ1v) is 10.8. The molecular formula is C22H25Cl3N2O3. The van der Waals surface area contributed by atoms with Gasteiger partial charge in [-0.15, -0.1) is 0 Å². The summed E-state index contributed by atoms with van der Waals surface area (Å²) in [6.07, 6.45) is 0.458. The summed E-state index contributed by atoms with van der Waals surface area (Å²) in [6, 6.07) is 11.2. The molecule has 1 N–H and O–H groups in total. The molecule has 0 aliphatic carbocycles. The molecule has 0 spiro atoms. The van der Waals surface area contributed by atoms with Crippen molar-refractivity contribution in [2.24, 2.45) is 0 Å². The number of carbonyl (C=O) groups excluding carboxylic acids is 2. The van der Waals surface area contributed by atoms with E-state index in [1.807, 2.05) is 32.9 Å². The van der Waals surface area contributed by atoms with Crippen LogP contribution in [0.5, 0.6) is 5.75 Å². The van der Waals surface area contributed by atoms with Gasteiger partial charge in [0, 0.05) is 22.6 Å². The summed E-state index contributed by atoms with van der Waals surface area (Å²) >= 11 is 18.0. The summed E-state index contributed by atoms with van der Waals surface area (Å²) < 4.78 is 5.61. The van der Waals surface area contributed by atoms with Crippen LogP contribution in [0.15, 0.2) is 42.5 Å². The van der Waals surface area contributed by atoms with E-state index in [1.165, 1.54) is 4.90 Å². The number of halogens is 3. The SMILES string of the molecule is CCC(C(=O)NC(C)C)N(Cc1ccc(Cl)cc1)C(=O)COc1ccc(Cl)cc1Cl. The molecule has 2 amide bonds. The lowest BCUT2D eigenvalue weighted by Crippen LogP contribution is -2.51. The molecule has 0 aliphatic heterocycles. The molecule has 0 bridgehead atoms. The van der Waals surface area contributed by atoms with Gasteiger partial charge in [-0.05, 0) is 56.2 Å². The highest BCUT2D eigenvalue weighted by Crippen LogP contribution is 2.27. The van der Waals surface area contributed by atoms with Gasteiger partial charge >= 0.3 is 0 Å². The lowest BCUT2D eigenvalue weighted by Gasteiger charge is -2.31. The van der Waals surface area contributed by atoms with Gasteiger partial charge in [0.05, 0.1) is 5.02 Å². The predicted molar refractivity (Wildman–Crippen MR) is 121 cm³/mol. The fraction of sp³-hybridized carbons (Fsp3) is 0.364. The van der Waals surface area contributed by atoms with Gasteiger partial charge in [-0.25, -0.2) is 0 Å². The second kappa shape index (κ2) is 11.4. The van der Waals surface area contributed by atoms with Gasteiger partial charge in [0.1, 0.15) is 11.8 Å². The molecule has 0 saturated heterocycles. The number of hydrogen-bond acceptors (Lipinski definition) is 3. The van der Waals surface area contributed by atoms with Crippen LogP contribution < -0.4 is 10.1 Å². The van der Waals surface area contributed by atoms with E-state index < -0.39 is 6.04 Å². The zero-order valence-corrected chi connectivity index (χ0v) is 19.4. The number of nitrogens with zero attached hydrogens (tertiary/aromatic N) is 1. The third-order valence-electron chi connectivity index (χ3n) is 4.33. The third-order valence-corrected chi connectivity index (χ3v) is 5.11. The van der Waals surface area contributed by atoms with Gasteiger partial charge in [0.2, 0.25) is 5.91 Å². The number of nitrogens with one attached hydrogen (secondary N) is 1. The molecule has 162 valence electrons. The molecule has 1 atom stereocenters. The minimum absolute atomic E-state index is 0.0387. The first-order valence-electron chi connectivity index (χ1n) is 9.63. The van der Waals surface area contributed by atoms with E-state index in [9.17, 15) is 9.59 Å². The second-order valence-corrected chi connectivity index (χ2v) is 8.38. The minimum Gasteiger partial charge on any atom is -0.482 e. The Hall–Kier alpha value is -1.95. The zero-order chi connectivity index (χ0) is 22.3. The first kappa shape index (κ1) is 24.3. The van der Waals surface area contributed by atoms with Crippen LogP contribution in [0.25, 0.3) is 0 Å². The largest absolute Gasteiger partial charge is 0.482 e. The molecule has 5 nitrogen and oxygen atoms in total. The van der Waals surface area contributed by atoms with Gasteiger partial charge in [0.15, 0.2) is 6.61 Å². The smallest absolute Gasteiger partial charge is 0.261 e. The van der Waals surface area contributed by atoms with Crippen molar-refractivity contribution in [2.45, 2.75) is 45.8 Å². The number of rotatable bonds is 9. The van der Waals surface area contributed by atoms with E-state index in [-0.39, 0.29) is 31.0 Å². The summed E-state index contributed by atoms with van der Waals surface area (Å²) in [5.74, 6) is -0.193. The Bertz CT molecular complexity index is 872. The maximum Gasteiger partial charge on any atom is 0.261 e. The van der Waals surface area contributed by atoms with E-state index in [2.05, 4.69) is 5.32 Å². The van der Waals surface area contributed by atoms with Gasteiger partial charge in [-0.2, -0.15) is 0 Å². The van der Waals surface area contributed by atoms with Crippen LogP contribution in [0, 0.1) is 0 Å². The number of carbonyl (C=O) groups is 2. The van der Waals surface area contributed by atoms with Crippen LogP contribution in [0.4, 0.5) is 0 Å². The Morgan fingerprint density at radius 2 is 1.67 bits per heavy atom. The second-order valence-electron chi connectivity index (χ2n) is 7.10. The minimum atomic E-state index is -0.639. The molecule has 1 unspecified atom stereocenters. The van der Waals surface area contributed by atoms with Crippen LogP contribution >= 0.6 is 34.8 Å². The summed E-state index contributed by atoms with van der Waals surface area (Å²) in [6.45, 7) is 5.60. The van der Waals surface area contributed by atoms with Gasteiger partial charge in [-0.1, -0.05) is 53.9 Å². The molecule has 0 radical (unpaired) electrons. The van der Waals surface area contributed by atoms with Crippen LogP contribution in [0.2, 0.25) is 15.1 Å². The first-order chi connectivity index (χ1) is 14.2. The Morgan fingerprint density at radius 1 is 1.03 bits per heavy atom. The Kier molecular flexibility index (Phi) is 9.28. The maximum absolute atomic E-state index is 13.1. The van der Waals surface area contributed by atoms with Crippen LogP contribution in [0.1, 0.15) is 32.8 Å². The number of hydrogen-bond donors (Lipinski definition) is 1. The maximum atomic E-state index is 13.1. The molecule has 8 heteroatoms. The van der Waals surface area contributed by atoms with Gasteiger partial charge in [-0.3, -0.25) is 9.59 Å². The number of benzene rings is 2. The van der Waals surface area contributed by atoms with E-state index in [4.69, 9.17) is 39.5 Å². The quantitative estimate of drug-likeness (QED) is 0.536. The normalized spacial score (nSPS) is 11.8. The Labute approximate surface area is 192 Å². The summed E-state index contributed by atoms with van der Waals surface area (Å²) in [5, 5.41) is 4.26. The molecule has 0 saturated carbocycles. The Morgan fingerprint density at radius 3 is 2.23 bits per heavy atom. The van der Waals surface area contributed by atoms with Crippen molar-refractivity contribution in [3.05, 3.63) is 63.1 Å². The van der Waals surface area contributed by atoms with E-state index in [0.29, 0.717) is 27.2 Å². The summed E-state index contributed by atoms with van der Waals surface area (Å²) in [7, 11) is 0. The highest BCUT2D eigenvalue weighted by molar-refractivity contribution is 6.35. The lowest BCUT2D eigenvalue weighted by molar-refractivity contribution is -0.143. The molecule has 0 heterocycles. The average molecular weight is 472 g/mol. The summed E-state index contributed by atoms with van der Waals surface area (Å²) in [4.78, 5) is 27.3. The van der Waals surface area contributed by atoms with Crippen molar-refractivity contribution in [3.8, 4) is 5.75 Å². The molecule has 2 aromatic rings. The van der Waals surface area contributed by atoms with Gasteiger partial charge < -0.3 is 15.0 Å². The highest BCUT2D eigenvalue weighted by Gasteiger charge is 2.29. The molecule has 30 heavy (non-hydrogen) atoms. The van der Waals surface area contributed by atoms with E-state index in [0.717, 1.165) is 5.56 Å². The summed E-state index contributed by atoms with van der Waals surface area (Å²) in [5.41, 5.74) is 0.855. The topological polar surface area (TPSA) is 58.6 Å². The fourth-order valence-electron chi connectivity index (χ4n) is 2.90. The van der Waals surface area contributed by atoms with Crippen molar-refractivity contribution in [1.29, 1.82) is 0 Å². The molecule has 0 aliphatic rings. The monoisotopic (exact) mass is 470 g/mol. The molecule has 2 rings (SSSR count). The van der Waals surface area contributed by atoms with Crippen LogP contribution in [-0.2, 0) is 16.1 Å². The van der Waals surface area contributed by atoms with Crippen molar-refractivity contribution in [2.75, 3.05) is 6.61 Å². The van der Waals surface area contributed by atoms with Gasteiger partial charge in [0.25, 0.3) is 5.91 Å². The highest BCUT2D eigenvalue weighted by atomic mass is 35.5. The number of ether oxygens (including phenoxy) is 1. The lowest BCUT2D eigenvalue weighted by atomic mass is 10.1. The van der Waals surface area contributed by atoms with Crippen molar-refractivity contribution in [1.82, 2.24) is 10.2 Å². The molecule has 0 aromatic heterocycles. The van der Waals surface area contributed by atoms with E-state index >= 15 is 0 Å². The van der Waals surface area contributed by atoms with Crippen LogP contribution in [0.3, 0.4) is 0 Å². The third kappa shape index (κ3) is 7.08. The standard InChI is InChI=1S/C22H25Cl3N2O3/c1-4-19(22(29)26-14(2)3)27(12-15-5-7-16(23)8-6-15)21(28)13-30-20-10-9-17(24)11-18(20)25/h5-11,14,19H,4,12-13H2,1-3H3,(H,26,29). The molecule has 2 aromatic carbocycles. The number of amides is 2. The van der Waals surface area contributed by atoms with E-state index in [1.54, 1.807) is 30.3 Å².